The molecule has 20 heavy (non-hydrogen) atoms. The molecule has 1 aromatic carbocycles. The first-order valence-corrected chi connectivity index (χ1v) is 7.43. The second-order valence-corrected chi connectivity index (χ2v) is 6.39. The molecule has 4 heteroatoms. The summed E-state index contributed by atoms with van der Waals surface area (Å²) in [6, 6.07) is 9.14. The second-order valence-electron chi connectivity index (χ2n) is 6.39. The minimum atomic E-state index is 0.0577. The molecule has 1 saturated heterocycles. The third kappa shape index (κ3) is 2.08. The lowest BCUT2D eigenvalue weighted by Crippen LogP contribution is -2.54. The number of anilines is 1. The van der Waals surface area contributed by atoms with Crippen LogP contribution in [0.1, 0.15) is 25.8 Å². The van der Waals surface area contributed by atoms with E-state index in [4.69, 9.17) is 5.73 Å². The van der Waals surface area contributed by atoms with E-state index in [1.165, 1.54) is 11.3 Å². The number of nitrogens with zero attached hydrogens (tertiary/aromatic N) is 3. The van der Waals surface area contributed by atoms with Crippen molar-refractivity contribution in [1.82, 2.24) is 4.90 Å². The van der Waals surface area contributed by atoms with Gasteiger partial charge in [0.2, 0.25) is 0 Å². The predicted octanol–water partition coefficient (Wildman–Crippen LogP) is 1.98. The van der Waals surface area contributed by atoms with Gasteiger partial charge < -0.3 is 10.6 Å². The lowest BCUT2D eigenvalue weighted by Gasteiger charge is -2.36. The minimum absolute atomic E-state index is 0.0577. The number of guanidine groups is 1. The first kappa shape index (κ1) is 13.4. The first-order valence-electron chi connectivity index (χ1n) is 7.43. The normalized spacial score (nSPS) is 26.8. The van der Waals surface area contributed by atoms with Crippen LogP contribution in [0.2, 0.25) is 0 Å². The van der Waals surface area contributed by atoms with Crippen LogP contribution in [0.4, 0.5) is 5.69 Å². The third-order valence-corrected chi connectivity index (χ3v) is 4.59. The molecule has 1 atom stereocenters. The van der Waals surface area contributed by atoms with Gasteiger partial charge in [0.1, 0.15) is 0 Å². The Morgan fingerprint density at radius 3 is 2.80 bits per heavy atom. The zero-order chi connectivity index (χ0) is 14.3. The summed E-state index contributed by atoms with van der Waals surface area (Å²) in [6.45, 7) is 9.63. The van der Waals surface area contributed by atoms with Gasteiger partial charge in [-0.15, -0.1) is 0 Å². The lowest BCUT2D eigenvalue weighted by molar-refractivity contribution is 0.260. The average molecular weight is 272 g/mol. The van der Waals surface area contributed by atoms with Crippen molar-refractivity contribution >= 4 is 11.6 Å². The van der Waals surface area contributed by atoms with Crippen molar-refractivity contribution < 1.29 is 0 Å². The number of likely N-dealkylation sites (tertiary alicyclic amines) is 1. The van der Waals surface area contributed by atoms with Crippen LogP contribution in [0.3, 0.4) is 0 Å². The molecule has 0 saturated carbocycles. The van der Waals surface area contributed by atoms with Crippen LogP contribution in [0.25, 0.3) is 0 Å². The van der Waals surface area contributed by atoms with Crippen LogP contribution in [-0.2, 0) is 0 Å². The zero-order valence-corrected chi connectivity index (χ0v) is 12.6. The number of aliphatic imine (C=N–C) groups is 1. The van der Waals surface area contributed by atoms with Crippen LogP contribution in [0.15, 0.2) is 29.3 Å². The molecular weight excluding hydrogens is 248 g/mol. The van der Waals surface area contributed by atoms with E-state index in [0.29, 0.717) is 12.0 Å². The van der Waals surface area contributed by atoms with Crippen molar-refractivity contribution in [3.63, 3.8) is 0 Å². The molecule has 0 aromatic heterocycles. The lowest BCUT2D eigenvalue weighted by atomic mass is 9.96. The summed E-state index contributed by atoms with van der Waals surface area (Å²) in [5, 5.41) is 0. The number of rotatable bonds is 2. The smallest absolute Gasteiger partial charge is 0.196 e. The van der Waals surface area contributed by atoms with E-state index in [0.717, 1.165) is 26.1 Å². The number of benzene rings is 1. The number of nitrogens with two attached hydrogens (primary N) is 1. The van der Waals surface area contributed by atoms with Crippen molar-refractivity contribution in [1.29, 1.82) is 0 Å². The molecule has 1 aromatic rings. The average Bonchev–Trinajstić information content (AvgIpc) is 2.95. The third-order valence-electron chi connectivity index (χ3n) is 4.59. The fourth-order valence-electron chi connectivity index (χ4n) is 3.43. The summed E-state index contributed by atoms with van der Waals surface area (Å²) in [5.41, 5.74) is 8.69. The van der Waals surface area contributed by atoms with Gasteiger partial charge in [0.15, 0.2) is 5.96 Å². The topological polar surface area (TPSA) is 44.9 Å². The van der Waals surface area contributed by atoms with Crippen molar-refractivity contribution in [2.75, 3.05) is 24.5 Å². The highest BCUT2D eigenvalue weighted by molar-refractivity contribution is 5.98. The van der Waals surface area contributed by atoms with Gasteiger partial charge in [-0.2, -0.15) is 0 Å². The molecule has 4 nitrogen and oxygen atoms in total. The highest BCUT2D eigenvalue weighted by Gasteiger charge is 2.48. The number of hydrogen-bond donors (Lipinski definition) is 1. The van der Waals surface area contributed by atoms with Gasteiger partial charge in [-0.25, -0.2) is 0 Å². The molecule has 2 aliphatic rings. The summed E-state index contributed by atoms with van der Waals surface area (Å²) in [4.78, 5) is 9.34. The van der Waals surface area contributed by atoms with Crippen LogP contribution in [-0.4, -0.2) is 42.1 Å². The van der Waals surface area contributed by atoms with Gasteiger partial charge in [0, 0.05) is 24.8 Å². The van der Waals surface area contributed by atoms with Gasteiger partial charge >= 0.3 is 0 Å². The Labute approximate surface area is 121 Å². The Morgan fingerprint density at radius 1 is 1.35 bits per heavy atom. The molecule has 108 valence electrons. The van der Waals surface area contributed by atoms with Gasteiger partial charge in [-0.3, -0.25) is 9.89 Å². The molecule has 0 amide bonds. The zero-order valence-electron chi connectivity index (χ0n) is 12.6. The van der Waals surface area contributed by atoms with Crippen molar-refractivity contribution in [2.45, 2.75) is 38.8 Å². The van der Waals surface area contributed by atoms with E-state index in [1.54, 1.807) is 0 Å². The maximum atomic E-state index is 6.19. The molecule has 1 fully saturated rings. The fourth-order valence-corrected chi connectivity index (χ4v) is 3.43. The van der Waals surface area contributed by atoms with E-state index < -0.39 is 0 Å². The summed E-state index contributed by atoms with van der Waals surface area (Å²) in [6.07, 6.45) is 1.13. The second kappa shape index (κ2) is 4.77. The highest BCUT2D eigenvalue weighted by Crippen LogP contribution is 2.36. The molecule has 0 bridgehead atoms. The van der Waals surface area contributed by atoms with Crippen LogP contribution in [0.5, 0.6) is 0 Å². The monoisotopic (exact) mass is 272 g/mol. The molecule has 3 rings (SSSR count). The van der Waals surface area contributed by atoms with Crippen molar-refractivity contribution in [2.24, 2.45) is 10.7 Å². The van der Waals surface area contributed by atoms with E-state index in [-0.39, 0.29) is 5.54 Å². The Bertz CT molecular complexity index is 537. The standard InChI is InChI=1S/C16H24N4/c1-12(2)19-8-7-16(11-19)10-18-15(17)20(16)14-6-4-5-13(3)9-14/h4-6,9,12H,7-8,10-11H2,1-3H3,(H2,17,18). The largest absolute Gasteiger partial charge is 0.369 e. The van der Waals surface area contributed by atoms with E-state index >= 15 is 0 Å². The van der Waals surface area contributed by atoms with Gasteiger partial charge in [-0.05, 0) is 44.9 Å². The van der Waals surface area contributed by atoms with E-state index in [1.807, 2.05) is 0 Å². The molecule has 2 N–H and O–H groups in total. The van der Waals surface area contributed by atoms with Crippen molar-refractivity contribution in [3.05, 3.63) is 29.8 Å². The Balaban J connectivity index is 1.93. The summed E-state index contributed by atoms with van der Waals surface area (Å²) >= 11 is 0. The minimum Gasteiger partial charge on any atom is -0.369 e. The van der Waals surface area contributed by atoms with Crippen LogP contribution in [0, 0.1) is 6.92 Å². The maximum Gasteiger partial charge on any atom is 0.196 e. The molecule has 2 aliphatic heterocycles. The molecule has 0 aliphatic carbocycles. The Morgan fingerprint density at radius 2 is 2.15 bits per heavy atom. The quantitative estimate of drug-likeness (QED) is 0.895. The first-order chi connectivity index (χ1) is 9.52. The fraction of sp³-hybridized carbons (Fsp3) is 0.562. The van der Waals surface area contributed by atoms with E-state index in [9.17, 15) is 0 Å². The van der Waals surface area contributed by atoms with Gasteiger partial charge in [0.25, 0.3) is 0 Å². The number of hydrogen-bond acceptors (Lipinski definition) is 4. The van der Waals surface area contributed by atoms with Gasteiger partial charge in [0.05, 0.1) is 12.1 Å². The van der Waals surface area contributed by atoms with Gasteiger partial charge in [-0.1, -0.05) is 12.1 Å². The predicted molar refractivity (Wildman–Crippen MR) is 84.2 cm³/mol. The van der Waals surface area contributed by atoms with Crippen LogP contribution < -0.4 is 10.6 Å². The summed E-state index contributed by atoms with van der Waals surface area (Å²) in [5.74, 6) is 0.668. The Hall–Kier alpha value is -1.55. The van der Waals surface area contributed by atoms with Crippen molar-refractivity contribution in [3.8, 4) is 0 Å². The van der Waals surface area contributed by atoms with Crippen LogP contribution >= 0.6 is 0 Å². The maximum absolute atomic E-state index is 6.19. The molecule has 0 radical (unpaired) electrons. The molecular formula is C16H24N4. The van der Waals surface area contributed by atoms with E-state index in [2.05, 4.69) is 59.8 Å². The molecule has 1 spiro atoms. The number of aryl methyl sites for hydroxylation is 1. The SMILES string of the molecule is Cc1cccc(N2C(N)=NCC23CCN(C(C)C)C3)c1. The molecule has 1 unspecified atom stereocenters. The highest BCUT2D eigenvalue weighted by atomic mass is 15.4. The summed E-state index contributed by atoms with van der Waals surface area (Å²) in [7, 11) is 0. The molecule has 2 heterocycles. The summed E-state index contributed by atoms with van der Waals surface area (Å²) < 4.78 is 0. The Kier molecular flexibility index (Phi) is 3.21.